The Labute approximate surface area is 154 Å². The molecule has 2 aromatic rings. The zero-order valence-corrected chi connectivity index (χ0v) is 15.6. The summed E-state index contributed by atoms with van der Waals surface area (Å²) in [6, 6.07) is 10.9. The molecule has 1 fully saturated rings. The molecule has 1 aromatic heterocycles. The Kier molecular flexibility index (Phi) is 5.07. The molecule has 0 aliphatic carbocycles. The summed E-state index contributed by atoms with van der Waals surface area (Å²) >= 11 is 0. The molecule has 1 aromatic carbocycles. The second-order valence-electron chi connectivity index (χ2n) is 7.71. The van der Waals surface area contributed by atoms with Crippen molar-refractivity contribution in [1.82, 2.24) is 4.98 Å². The van der Waals surface area contributed by atoms with Crippen molar-refractivity contribution in [3.05, 3.63) is 53.7 Å². The van der Waals surface area contributed by atoms with Crippen molar-refractivity contribution in [2.75, 3.05) is 23.3 Å². The van der Waals surface area contributed by atoms with Crippen LogP contribution in [0, 0.1) is 0 Å². The molecular formula is C21H25N3O2. The molecule has 26 heavy (non-hydrogen) atoms. The molecule has 5 heteroatoms. The summed E-state index contributed by atoms with van der Waals surface area (Å²) in [4.78, 5) is 31.1. The van der Waals surface area contributed by atoms with Crippen LogP contribution in [0.15, 0.2) is 42.6 Å². The van der Waals surface area contributed by atoms with Gasteiger partial charge in [0.1, 0.15) is 5.82 Å². The number of carbonyl (C=O) groups excluding carboxylic acids is 2. The molecule has 0 spiro atoms. The highest BCUT2D eigenvalue weighted by atomic mass is 16.2. The molecular weight excluding hydrogens is 326 g/mol. The van der Waals surface area contributed by atoms with E-state index >= 15 is 0 Å². The Morgan fingerprint density at radius 3 is 2.19 bits per heavy atom. The maximum absolute atomic E-state index is 12.3. The number of nitrogens with zero attached hydrogens (tertiary/aromatic N) is 2. The Bertz CT molecular complexity index is 784. The molecule has 0 radical (unpaired) electrons. The van der Waals surface area contributed by atoms with Gasteiger partial charge >= 0.3 is 0 Å². The van der Waals surface area contributed by atoms with Gasteiger partial charge < -0.3 is 10.2 Å². The number of rotatable bonds is 4. The van der Waals surface area contributed by atoms with Crippen molar-refractivity contribution in [3.63, 3.8) is 0 Å². The fraction of sp³-hybridized carbons (Fsp3) is 0.381. The van der Waals surface area contributed by atoms with Gasteiger partial charge in [0.05, 0.1) is 11.9 Å². The molecule has 136 valence electrons. The van der Waals surface area contributed by atoms with Crippen LogP contribution in [-0.4, -0.2) is 29.8 Å². The molecule has 1 N–H and O–H groups in total. The molecule has 3 rings (SSSR count). The van der Waals surface area contributed by atoms with E-state index in [1.165, 1.54) is 12.8 Å². The van der Waals surface area contributed by atoms with Crippen LogP contribution in [0.3, 0.4) is 0 Å². The van der Waals surface area contributed by atoms with Gasteiger partial charge in [0.2, 0.25) is 0 Å². The fourth-order valence-electron chi connectivity index (χ4n) is 3.05. The first kappa shape index (κ1) is 18.1. The second kappa shape index (κ2) is 7.28. The van der Waals surface area contributed by atoms with Crippen molar-refractivity contribution in [2.24, 2.45) is 0 Å². The lowest BCUT2D eigenvalue weighted by Crippen LogP contribution is -2.24. The zero-order valence-electron chi connectivity index (χ0n) is 15.6. The number of aromatic nitrogens is 1. The van der Waals surface area contributed by atoms with E-state index < -0.39 is 11.7 Å². The van der Waals surface area contributed by atoms with Crippen molar-refractivity contribution < 1.29 is 9.59 Å². The number of carbonyl (C=O) groups is 2. The molecule has 1 aliphatic heterocycles. The van der Waals surface area contributed by atoms with E-state index in [1.807, 2.05) is 18.2 Å². The van der Waals surface area contributed by atoms with Crippen LogP contribution in [0.2, 0.25) is 0 Å². The number of hydrogen-bond acceptors (Lipinski definition) is 4. The molecule has 0 atom stereocenters. The number of benzene rings is 1. The van der Waals surface area contributed by atoms with E-state index in [4.69, 9.17) is 0 Å². The number of hydrogen-bond donors (Lipinski definition) is 1. The van der Waals surface area contributed by atoms with Crippen LogP contribution in [-0.2, 0) is 10.2 Å². The Morgan fingerprint density at radius 2 is 1.65 bits per heavy atom. The summed E-state index contributed by atoms with van der Waals surface area (Å²) in [5.41, 5.74) is 2.55. The van der Waals surface area contributed by atoms with Crippen LogP contribution >= 0.6 is 0 Å². The van der Waals surface area contributed by atoms with Gasteiger partial charge in [-0.1, -0.05) is 45.0 Å². The van der Waals surface area contributed by atoms with Crippen LogP contribution in [0.1, 0.15) is 49.5 Å². The van der Waals surface area contributed by atoms with E-state index in [0.717, 1.165) is 24.3 Å². The predicted octanol–water partition coefficient (Wildman–Crippen LogP) is 3.80. The standard InChI is InChI=1S/C21H25N3O2/c1-21(2,3)16-8-6-15(7-9-16)19(25)20(26)23-18-11-10-17(14-22-18)24-12-4-5-13-24/h6-11,14H,4-5,12-13H2,1-3H3,(H,22,23,26). The van der Waals surface area contributed by atoms with Crippen molar-refractivity contribution in [1.29, 1.82) is 0 Å². The minimum atomic E-state index is -0.671. The highest BCUT2D eigenvalue weighted by Gasteiger charge is 2.19. The summed E-state index contributed by atoms with van der Waals surface area (Å²) < 4.78 is 0. The maximum Gasteiger partial charge on any atom is 0.297 e. The quantitative estimate of drug-likeness (QED) is 0.672. The zero-order chi connectivity index (χ0) is 18.7. The minimum Gasteiger partial charge on any atom is -0.370 e. The highest BCUT2D eigenvalue weighted by Crippen LogP contribution is 2.23. The van der Waals surface area contributed by atoms with Gasteiger partial charge in [0.15, 0.2) is 0 Å². The van der Waals surface area contributed by atoms with Gasteiger partial charge in [0.25, 0.3) is 11.7 Å². The Balaban J connectivity index is 1.64. The highest BCUT2D eigenvalue weighted by molar-refractivity contribution is 6.46. The lowest BCUT2D eigenvalue weighted by Gasteiger charge is -2.19. The average Bonchev–Trinajstić information content (AvgIpc) is 3.16. The van der Waals surface area contributed by atoms with E-state index in [-0.39, 0.29) is 5.41 Å². The molecule has 1 aliphatic rings. The van der Waals surface area contributed by atoms with Crippen molar-refractivity contribution in [3.8, 4) is 0 Å². The molecule has 1 amide bonds. The van der Waals surface area contributed by atoms with E-state index in [0.29, 0.717) is 11.4 Å². The molecule has 1 saturated heterocycles. The van der Waals surface area contributed by atoms with Gasteiger partial charge in [-0.25, -0.2) is 4.98 Å². The Morgan fingerprint density at radius 1 is 1.00 bits per heavy atom. The monoisotopic (exact) mass is 351 g/mol. The number of Topliss-reactive ketones (excluding diaryl/α,β-unsaturated/α-hetero) is 1. The van der Waals surface area contributed by atoms with Crippen LogP contribution in [0.5, 0.6) is 0 Å². The van der Waals surface area contributed by atoms with Gasteiger partial charge in [0, 0.05) is 18.7 Å². The lowest BCUT2D eigenvalue weighted by molar-refractivity contribution is -0.112. The first-order valence-corrected chi connectivity index (χ1v) is 9.02. The topological polar surface area (TPSA) is 62.3 Å². The summed E-state index contributed by atoms with van der Waals surface area (Å²) in [5.74, 6) is -0.844. The van der Waals surface area contributed by atoms with E-state index in [1.54, 1.807) is 24.4 Å². The SMILES string of the molecule is CC(C)(C)c1ccc(C(=O)C(=O)Nc2ccc(N3CCCC3)cn2)cc1. The van der Waals surface area contributed by atoms with Crippen LogP contribution < -0.4 is 10.2 Å². The lowest BCUT2D eigenvalue weighted by atomic mass is 9.86. The van der Waals surface area contributed by atoms with Gasteiger partial charge in [-0.05, 0) is 36.0 Å². The molecule has 0 bridgehead atoms. The first-order valence-electron chi connectivity index (χ1n) is 9.02. The summed E-state index contributed by atoms with van der Waals surface area (Å²) in [5, 5.41) is 2.58. The smallest absolute Gasteiger partial charge is 0.297 e. The van der Waals surface area contributed by atoms with Gasteiger partial charge in [-0.15, -0.1) is 0 Å². The van der Waals surface area contributed by atoms with Gasteiger partial charge in [-0.2, -0.15) is 0 Å². The van der Waals surface area contributed by atoms with Crippen LogP contribution in [0.25, 0.3) is 0 Å². The van der Waals surface area contributed by atoms with Crippen molar-refractivity contribution in [2.45, 2.75) is 39.0 Å². The second-order valence-corrected chi connectivity index (χ2v) is 7.71. The van der Waals surface area contributed by atoms with Crippen molar-refractivity contribution >= 4 is 23.2 Å². The van der Waals surface area contributed by atoms with Crippen LogP contribution in [0.4, 0.5) is 11.5 Å². The number of amides is 1. The number of pyridine rings is 1. The summed E-state index contributed by atoms with van der Waals surface area (Å²) in [6.07, 6.45) is 4.13. The molecule has 0 saturated carbocycles. The summed E-state index contributed by atoms with van der Waals surface area (Å²) in [7, 11) is 0. The number of ketones is 1. The van der Waals surface area contributed by atoms with E-state index in [2.05, 4.69) is 36.0 Å². The molecule has 0 unspecified atom stereocenters. The average molecular weight is 351 g/mol. The fourth-order valence-corrected chi connectivity index (χ4v) is 3.05. The van der Waals surface area contributed by atoms with E-state index in [9.17, 15) is 9.59 Å². The maximum atomic E-state index is 12.3. The third-order valence-electron chi connectivity index (χ3n) is 4.68. The predicted molar refractivity (Wildman–Crippen MR) is 104 cm³/mol. The third kappa shape index (κ3) is 4.10. The first-order chi connectivity index (χ1) is 12.3. The summed E-state index contributed by atoms with van der Waals surface area (Å²) in [6.45, 7) is 8.39. The molecule has 2 heterocycles. The normalized spacial score (nSPS) is 14.3. The number of anilines is 2. The van der Waals surface area contributed by atoms with Gasteiger partial charge in [-0.3, -0.25) is 9.59 Å². The largest absolute Gasteiger partial charge is 0.370 e. The third-order valence-corrected chi connectivity index (χ3v) is 4.68. The minimum absolute atomic E-state index is 0.00481. The number of nitrogens with one attached hydrogen (secondary N) is 1. The Hall–Kier alpha value is -2.69. The molecule has 5 nitrogen and oxygen atoms in total.